The van der Waals surface area contributed by atoms with Gasteiger partial charge in [0.15, 0.2) is 5.69 Å². The van der Waals surface area contributed by atoms with E-state index in [1.165, 1.54) is 7.11 Å². The quantitative estimate of drug-likeness (QED) is 0.845. The molecule has 6 heteroatoms. The largest absolute Gasteiger partial charge is 0.464 e. The first-order chi connectivity index (χ1) is 9.69. The number of esters is 1. The predicted octanol–water partition coefficient (Wildman–Crippen LogP) is 1.31. The Kier molecular flexibility index (Phi) is 3.46. The van der Waals surface area contributed by atoms with E-state index in [1.54, 1.807) is 6.07 Å². The second-order valence-corrected chi connectivity index (χ2v) is 5.57. The highest BCUT2D eigenvalue weighted by Gasteiger charge is 2.35. The Hall–Kier alpha value is -1.85. The Balaban J connectivity index is 1.58. The molecule has 108 valence electrons. The van der Waals surface area contributed by atoms with Gasteiger partial charge in [0.05, 0.1) is 7.11 Å². The average molecular weight is 277 g/mol. The molecule has 1 saturated carbocycles. The van der Waals surface area contributed by atoms with Crippen LogP contribution in [0.1, 0.15) is 47.8 Å². The second-order valence-electron chi connectivity index (χ2n) is 5.57. The van der Waals surface area contributed by atoms with Crippen molar-refractivity contribution in [3.8, 4) is 0 Å². The van der Waals surface area contributed by atoms with Crippen molar-refractivity contribution in [1.82, 2.24) is 15.1 Å². The molecule has 6 nitrogen and oxygen atoms in total. The van der Waals surface area contributed by atoms with Crippen molar-refractivity contribution in [2.45, 2.75) is 31.6 Å². The number of nitrogens with zero attached hydrogens (tertiary/aromatic N) is 2. The van der Waals surface area contributed by atoms with Gasteiger partial charge in [0.1, 0.15) is 0 Å². The first-order valence-corrected chi connectivity index (χ1v) is 7.11. The standard InChI is InChI=1S/C14H19N3O3/c1-20-14(19)12-8-11(15-16-12)9-4-6-17(7-5-9)13(18)10-2-3-10/h8-10H,2-7H2,1H3,(H,15,16). The molecule has 3 rings (SSSR count). The molecule has 1 N–H and O–H groups in total. The lowest BCUT2D eigenvalue weighted by Crippen LogP contribution is -2.38. The SMILES string of the molecule is COC(=O)c1cc(C2CCN(C(=O)C3CC3)CC2)[nH]n1. The molecular weight excluding hydrogens is 258 g/mol. The zero-order chi connectivity index (χ0) is 14.1. The lowest BCUT2D eigenvalue weighted by atomic mass is 9.93. The van der Waals surface area contributed by atoms with Gasteiger partial charge in [-0.25, -0.2) is 4.79 Å². The first kappa shape index (κ1) is 13.1. The number of carbonyl (C=O) groups excluding carboxylic acids is 2. The summed E-state index contributed by atoms with van der Waals surface area (Å²) >= 11 is 0. The smallest absolute Gasteiger partial charge is 0.358 e. The number of amides is 1. The van der Waals surface area contributed by atoms with Gasteiger partial charge in [-0.05, 0) is 31.7 Å². The Morgan fingerprint density at radius 1 is 1.30 bits per heavy atom. The van der Waals surface area contributed by atoms with Crippen molar-refractivity contribution < 1.29 is 14.3 Å². The summed E-state index contributed by atoms with van der Waals surface area (Å²) in [6.07, 6.45) is 3.95. The van der Waals surface area contributed by atoms with Crippen molar-refractivity contribution in [2.75, 3.05) is 20.2 Å². The van der Waals surface area contributed by atoms with Gasteiger partial charge in [-0.2, -0.15) is 5.10 Å². The van der Waals surface area contributed by atoms with E-state index in [0.29, 0.717) is 23.4 Å². The monoisotopic (exact) mass is 277 g/mol. The van der Waals surface area contributed by atoms with Gasteiger partial charge >= 0.3 is 5.97 Å². The molecule has 1 aromatic heterocycles. The van der Waals surface area contributed by atoms with Gasteiger partial charge in [-0.15, -0.1) is 0 Å². The number of carbonyl (C=O) groups is 2. The van der Waals surface area contributed by atoms with Gasteiger partial charge in [0, 0.05) is 30.6 Å². The summed E-state index contributed by atoms with van der Waals surface area (Å²) < 4.78 is 4.64. The molecule has 0 radical (unpaired) electrons. The predicted molar refractivity (Wildman–Crippen MR) is 71.2 cm³/mol. The number of H-pyrrole nitrogens is 1. The fourth-order valence-electron chi connectivity index (χ4n) is 2.75. The highest BCUT2D eigenvalue weighted by molar-refractivity contribution is 5.87. The maximum atomic E-state index is 12.0. The number of nitrogens with one attached hydrogen (secondary N) is 1. The fourth-order valence-corrected chi connectivity index (χ4v) is 2.75. The molecule has 1 amide bonds. The Morgan fingerprint density at radius 2 is 2.00 bits per heavy atom. The zero-order valence-electron chi connectivity index (χ0n) is 11.6. The molecule has 0 bridgehead atoms. The van der Waals surface area contributed by atoms with Crippen LogP contribution < -0.4 is 0 Å². The summed E-state index contributed by atoms with van der Waals surface area (Å²) in [5, 5.41) is 6.89. The third-order valence-electron chi connectivity index (χ3n) is 4.17. The molecular formula is C14H19N3O3. The van der Waals surface area contributed by atoms with Gasteiger partial charge in [0.25, 0.3) is 0 Å². The maximum Gasteiger partial charge on any atom is 0.358 e. The molecule has 1 aliphatic carbocycles. The molecule has 2 fully saturated rings. The molecule has 0 aromatic carbocycles. The minimum atomic E-state index is -0.422. The number of methoxy groups -OCH3 is 1. The molecule has 2 aliphatic rings. The van der Waals surface area contributed by atoms with Crippen LogP contribution in [0.2, 0.25) is 0 Å². The molecule has 1 aromatic rings. The summed E-state index contributed by atoms with van der Waals surface area (Å²) in [4.78, 5) is 25.3. The second kappa shape index (κ2) is 5.26. The number of aromatic amines is 1. The van der Waals surface area contributed by atoms with E-state index < -0.39 is 5.97 Å². The minimum absolute atomic E-state index is 0.296. The van der Waals surface area contributed by atoms with Crippen molar-refractivity contribution in [1.29, 1.82) is 0 Å². The van der Waals surface area contributed by atoms with Crippen LogP contribution >= 0.6 is 0 Å². The highest BCUT2D eigenvalue weighted by atomic mass is 16.5. The third-order valence-corrected chi connectivity index (χ3v) is 4.17. The normalized spacial score (nSPS) is 19.9. The summed E-state index contributed by atoms with van der Waals surface area (Å²) in [6.45, 7) is 1.60. The third kappa shape index (κ3) is 2.55. The number of rotatable bonds is 3. The van der Waals surface area contributed by atoms with E-state index in [-0.39, 0.29) is 0 Å². The molecule has 20 heavy (non-hydrogen) atoms. The Morgan fingerprint density at radius 3 is 2.60 bits per heavy atom. The van der Waals surface area contributed by atoms with E-state index in [0.717, 1.165) is 44.5 Å². The Bertz CT molecular complexity index is 513. The van der Waals surface area contributed by atoms with Crippen LogP contribution in [-0.2, 0) is 9.53 Å². The van der Waals surface area contributed by atoms with Crippen LogP contribution in [0, 0.1) is 5.92 Å². The van der Waals surface area contributed by atoms with E-state index in [2.05, 4.69) is 14.9 Å². The number of ether oxygens (including phenoxy) is 1. The van der Waals surface area contributed by atoms with Crippen LogP contribution in [0.3, 0.4) is 0 Å². The minimum Gasteiger partial charge on any atom is -0.464 e. The van der Waals surface area contributed by atoms with E-state index >= 15 is 0 Å². The van der Waals surface area contributed by atoms with Crippen LogP contribution in [0.4, 0.5) is 0 Å². The van der Waals surface area contributed by atoms with Crippen LogP contribution in [-0.4, -0.2) is 47.2 Å². The zero-order valence-corrected chi connectivity index (χ0v) is 11.6. The topological polar surface area (TPSA) is 75.3 Å². The van der Waals surface area contributed by atoms with Gasteiger partial charge in [-0.1, -0.05) is 0 Å². The number of likely N-dealkylation sites (tertiary alicyclic amines) is 1. The van der Waals surface area contributed by atoms with Crippen LogP contribution in [0.15, 0.2) is 6.07 Å². The summed E-state index contributed by atoms with van der Waals surface area (Å²) in [6, 6.07) is 1.76. The van der Waals surface area contributed by atoms with Crippen LogP contribution in [0.25, 0.3) is 0 Å². The first-order valence-electron chi connectivity index (χ1n) is 7.11. The van der Waals surface area contributed by atoms with Gasteiger partial charge in [0.2, 0.25) is 5.91 Å². The summed E-state index contributed by atoms with van der Waals surface area (Å²) in [5.74, 6) is 0.533. The molecule has 2 heterocycles. The Labute approximate surface area is 117 Å². The molecule has 0 atom stereocenters. The molecule has 0 spiro atoms. The molecule has 1 saturated heterocycles. The van der Waals surface area contributed by atoms with E-state index in [4.69, 9.17) is 0 Å². The number of piperidine rings is 1. The van der Waals surface area contributed by atoms with Gasteiger partial charge in [-0.3, -0.25) is 9.89 Å². The number of hydrogen-bond donors (Lipinski definition) is 1. The van der Waals surface area contributed by atoms with E-state index in [1.807, 2.05) is 4.90 Å². The molecule has 1 aliphatic heterocycles. The maximum absolute atomic E-state index is 12.0. The average Bonchev–Trinajstić information content (AvgIpc) is 3.23. The lowest BCUT2D eigenvalue weighted by Gasteiger charge is -2.31. The van der Waals surface area contributed by atoms with Crippen molar-refractivity contribution in [2.24, 2.45) is 5.92 Å². The lowest BCUT2D eigenvalue weighted by molar-refractivity contribution is -0.133. The highest BCUT2D eigenvalue weighted by Crippen LogP contribution is 2.34. The summed E-state index contributed by atoms with van der Waals surface area (Å²) in [5.41, 5.74) is 1.28. The van der Waals surface area contributed by atoms with E-state index in [9.17, 15) is 9.59 Å². The van der Waals surface area contributed by atoms with Crippen LogP contribution in [0.5, 0.6) is 0 Å². The van der Waals surface area contributed by atoms with Crippen molar-refractivity contribution in [3.05, 3.63) is 17.5 Å². The number of hydrogen-bond acceptors (Lipinski definition) is 4. The van der Waals surface area contributed by atoms with Crippen molar-refractivity contribution >= 4 is 11.9 Å². The number of aromatic nitrogens is 2. The molecule has 0 unspecified atom stereocenters. The fraction of sp³-hybridized carbons (Fsp3) is 0.643. The van der Waals surface area contributed by atoms with Crippen molar-refractivity contribution in [3.63, 3.8) is 0 Å². The summed E-state index contributed by atoms with van der Waals surface area (Å²) in [7, 11) is 1.35. The van der Waals surface area contributed by atoms with Gasteiger partial charge < -0.3 is 9.64 Å².